The third-order valence-electron chi connectivity index (χ3n) is 4.25. The van der Waals surface area contributed by atoms with Crippen LogP contribution in [0.1, 0.15) is 15.9 Å². The van der Waals surface area contributed by atoms with E-state index in [1.165, 1.54) is 6.08 Å². The molecular weight excluding hydrogens is 389 g/mol. The molecule has 2 aromatic carbocycles. The Bertz CT molecular complexity index is 883. The summed E-state index contributed by atoms with van der Waals surface area (Å²) in [5, 5.41) is 9.79. The van der Waals surface area contributed by atoms with E-state index in [2.05, 4.69) is 0 Å². The van der Waals surface area contributed by atoms with Crippen LogP contribution < -0.4 is 14.4 Å². The number of benzene rings is 2. The molecule has 0 amide bonds. The molecule has 142 valence electrons. The van der Waals surface area contributed by atoms with Crippen molar-refractivity contribution in [3.05, 3.63) is 63.8 Å². The van der Waals surface area contributed by atoms with Crippen LogP contribution in [0.15, 0.2) is 42.6 Å². The van der Waals surface area contributed by atoms with Crippen LogP contribution in [0, 0.1) is 0 Å². The summed E-state index contributed by atoms with van der Waals surface area (Å²) in [5.41, 5.74) is 2.44. The summed E-state index contributed by atoms with van der Waals surface area (Å²) in [4.78, 5) is 14.4. The molecule has 0 spiro atoms. The molecule has 0 saturated heterocycles. The van der Waals surface area contributed by atoms with Crippen molar-refractivity contribution in [2.75, 3.05) is 31.8 Å². The average molecular weight is 408 g/mol. The summed E-state index contributed by atoms with van der Waals surface area (Å²) in [6, 6.07) is 8.58. The number of allylic oxidation sites excluding steroid dienone is 1. The minimum absolute atomic E-state index is 0.0831. The van der Waals surface area contributed by atoms with Gasteiger partial charge in [-0.1, -0.05) is 23.2 Å². The second kappa shape index (κ2) is 8.65. The molecule has 7 heteroatoms. The smallest absolute Gasteiger partial charge is 0.188 e. The number of methoxy groups -OCH3 is 1. The lowest BCUT2D eigenvalue weighted by Crippen LogP contribution is -2.13. The first-order valence-corrected chi connectivity index (χ1v) is 9.18. The molecular formula is C20H19Cl2NO4. The molecule has 27 heavy (non-hydrogen) atoms. The molecule has 2 aromatic rings. The van der Waals surface area contributed by atoms with Gasteiger partial charge in [-0.3, -0.25) is 4.79 Å². The zero-order valence-electron chi connectivity index (χ0n) is 14.7. The lowest BCUT2D eigenvalue weighted by Gasteiger charge is -2.17. The maximum atomic E-state index is 12.4. The number of hydrogen-bond donors (Lipinski definition) is 1. The molecule has 1 N–H and O–H groups in total. The quantitative estimate of drug-likeness (QED) is 0.552. The van der Waals surface area contributed by atoms with E-state index in [4.69, 9.17) is 37.8 Å². The van der Waals surface area contributed by atoms with Gasteiger partial charge < -0.3 is 19.5 Å². The SMILES string of the molecule is COc1cc2c(cc1OCCO)N(/C=C/C(=O)c1ccc(Cl)cc1Cl)CC2. The molecule has 0 atom stereocenters. The minimum Gasteiger partial charge on any atom is -0.493 e. The fourth-order valence-corrected chi connectivity index (χ4v) is 3.44. The van der Waals surface area contributed by atoms with Gasteiger partial charge in [0.15, 0.2) is 17.3 Å². The normalized spacial score (nSPS) is 13.1. The fraction of sp³-hybridized carbons (Fsp3) is 0.250. The third-order valence-corrected chi connectivity index (χ3v) is 4.80. The van der Waals surface area contributed by atoms with Crippen LogP contribution in [0.2, 0.25) is 10.0 Å². The Balaban J connectivity index is 1.82. The Morgan fingerprint density at radius 2 is 2.07 bits per heavy atom. The highest BCUT2D eigenvalue weighted by molar-refractivity contribution is 6.37. The molecule has 0 fully saturated rings. The molecule has 5 nitrogen and oxygen atoms in total. The summed E-state index contributed by atoms with van der Waals surface area (Å²) in [7, 11) is 1.58. The Kier molecular flexibility index (Phi) is 6.26. The number of ketones is 1. The summed E-state index contributed by atoms with van der Waals surface area (Å²) in [6.07, 6.45) is 4.05. The predicted octanol–water partition coefficient (Wildman–Crippen LogP) is 4.13. The van der Waals surface area contributed by atoms with Crippen LogP contribution in [0.4, 0.5) is 5.69 Å². The highest BCUT2D eigenvalue weighted by Crippen LogP contribution is 2.39. The van der Waals surface area contributed by atoms with Crippen molar-refractivity contribution in [3.63, 3.8) is 0 Å². The molecule has 1 heterocycles. The van der Waals surface area contributed by atoms with E-state index in [1.807, 2.05) is 17.0 Å². The van der Waals surface area contributed by atoms with E-state index in [-0.39, 0.29) is 19.0 Å². The number of fused-ring (bicyclic) bond motifs is 1. The maximum Gasteiger partial charge on any atom is 0.188 e. The van der Waals surface area contributed by atoms with E-state index < -0.39 is 0 Å². The first kappa shape index (κ1) is 19.5. The zero-order valence-corrected chi connectivity index (χ0v) is 16.3. The third kappa shape index (κ3) is 4.38. The van der Waals surface area contributed by atoms with Crippen molar-refractivity contribution in [3.8, 4) is 11.5 Å². The summed E-state index contributed by atoms with van der Waals surface area (Å²) in [5.74, 6) is 0.977. The average Bonchev–Trinajstić information content (AvgIpc) is 3.05. The summed E-state index contributed by atoms with van der Waals surface area (Å²) in [6.45, 7) is 0.832. The van der Waals surface area contributed by atoms with Gasteiger partial charge in [0.2, 0.25) is 0 Å². The molecule has 3 rings (SSSR count). The fourth-order valence-electron chi connectivity index (χ4n) is 2.94. The number of rotatable bonds is 7. The molecule has 0 radical (unpaired) electrons. The number of anilines is 1. The largest absolute Gasteiger partial charge is 0.493 e. The highest BCUT2D eigenvalue weighted by atomic mass is 35.5. The lowest BCUT2D eigenvalue weighted by molar-refractivity contribution is 0.104. The molecule has 0 aromatic heterocycles. The first-order valence-electron chi connectivity index (χ1n) is 8.42. The van der Waals surface area contributed by atoms with Crippen LogP contribution in [-0.2, 0) is 6.42 Å². The van der Waals surface area contributed by atoms with Crippen molar-refractivity contribution >= 4 is 34.7 Å². The van der Waals surface area contributed by atoms with Gasteiger partial charge in [0.05, 0.1) is 18.7 Å². The number of aliphatic hydroxyl groups is 1. The van der Waals surface area contributed by atoms with Crippen molar-refractivity contribution in [1.29, 1.82) is 0 Å². The van der Waals surface area contributed by atoms with Crippen LogP contribution in [0.5, 0.6) is 11.5 Å². The van der Waals surface area contributed by atoms with Crippen molar-refractivity contribution in [2.45, 2.75) is 6.42 Å². The second-order valence-corrected chi connectivity index (χ2v) is 6.80. The zero-order chi connectivity index (χ0) is 19.4. The number of carbonyl (C=O) groups excluding carboxylic acids is 1. The highest BCUT2D eigenvalue weighted by Gasteiger charge is 2.21. The van der Waals surface area contributed by atoms with Crippen molar-refractivity contribution < 1.29 is 19.4 Å². The van der Waals surface area contributed by atoms with E-state index >= 15 is 0 Å². The second-order valence-electron chi connectivity index (χ2n) is 5.95. The molecule has 0 aliphatic carbocycles. The first-order chi connectivity index (χ1) is 13.0. The van der Waals surface area contributed by atoms with Gasteiger partial charge in [-0.2, -0.15) is 0 Å². The van der Waals surface area contributed by atoms with Gasteiger partial charge in [0.25, 0.3) is 0 Å². The van der Waals surface area contributed by atoms with Gasteiger partial charge in [-0.15, -0.1) is 0 Å². The molecule has 1 aliphatic heterocycles. The van der Waals surface area contributed by atoms with Crippen molar-refractivity contribution in [1.82, 2.24) is 0 Å². The molecule has 0 bridgehead atoms. The maximum absolute atomic E-state index is 12.4. The summed E-state index contributed by atoms with van der Waals surface area (Å²) < 4.78 is 10.9. The number of carbonyl (C=O) groups is 1. The van der Waals surface area contributed by atoms with E-state index in [0.717, 1.165) is 24.2 Å². The number of nitrogens with zero attached hydrogens (tertiary/aromatic N) is 1. The molecule has 0 saturated carbocycles. The molecule has 1 aliphatic rings. The van der Waals surface area contributed by atoms with Crippen molar-refractivity contribution in [2.24, 2.45) is 0 Å². The van der Waals surface area contributed by atoms with Gasteiger partial charge in [0.1, 0.15) is 6.61 Å². The van der Waals surface area contributed by atoms with Crippen LogP contribution in [-0.4, -0.2) is 37.8 Å². The van der Waals surface area contributed by atoms with Crippen LogP contribution >= 0.6 is 23.2 Å². The van der Waals surface area contributed by atoms with Gasteiger partial charge >= 0.3 is 0 Å². The monoisotopic (exact) mass is 407 g/mol. The van der Waals surface area contributed by atoms with E-state index in [0.29, 0.717) is 27.1 Å². The Morgan fingerprint density at radius 1 is 1.26 bits per heavy atom. The number of aliphatic hydroxyl groups excluding tert-OH is 1. The van der Waals surface area contributed by atoms with Crippen LogP contribution in [0.3, 0.4) is 0 Å². The number of hydrogen-bond acceptors (Lipinski definition) is 5. The van der Waals surface area contributed by atoms with E-state index in [1.54, 1.807) is 31.5 Å². The Labute approximate surface area is 167 Å². The minimum atomic E-state index is -0.199. The number of halogens is 2. The van der Waals surface area contributed by atoms with Gasteiger partial charge in [0, 0.05) is 41.2 Å². The van der Waals surface area contributed by atoms with Crippen LogP contribution in [0.25, 0.3) is 0 Å². The predicted molar refractivity (Wildman–Crippen MR) is 107 cm³/mol. The summed E-state index contributed by atoms with van der Waals surface area (Å²) >= 11 is 12.0. The van der Waals surface area contributed by atoms with E-state index in [9.17, 15) is 4.79 Å². The number of ether oxygens (including phenoxy) is 2. The lowest BCUT2D eigenvalue weighted by atomic mass is 10.1. The van der Waals surface area contributed by atoms with Gasteiger partial charge in [-0.25, -0.2) is 0 Å². The van der Waals surface area contributed by atoms with Gasteiger partial charge in [-0.05, 0) is 36.2 Å². The Morgan fingerprint density at radius 3 is 2.78 bits per heavy atom. The molecule has 0 unspecified atom stereocenters. The standard InChI is InChI=1S/C20H19Cl2NO4/c1-26-19-10-13-4-6-23(17(13)12-20(19)27-9-8-24)7-5-18(25)15-3-2-14(21)11-16(15)22/h2-3,5,7,10-12,24H,4,6,8-9H2,1H3/b7-5+. The Hall–Kier alpha value is -2.21. The topological polar surface area (TPSA) is 59.0 Å².